The number of hydrogen-bond acceptors (Lipinski definition) is 3. The van der Waals surface area contributed by atoms with Gasteiger partial charge in [-0.05, 0) is 46.3 Å². The van der Waals surface area contributed by atoms with Crippen LogP contribution in [0.3, 0.4) is 0 Å². The van der Waals surface area contributed by atoms with Crippen molar-refractivity contribution >= 4 is 44.6 Å². The summed E-state index contributed by atoms with van der Waals surface area (Å²) in [6, 6.07) is 12.7. The van der Waals surface area contributed by atoms with Crippen LogP contribution in [0.4, 0.5) is 17.1 Å². The molecule has 0 heterocycles. The summed E-state index contributed by atoms with van der Waals surface area (Å²) in [5, 5.41) is 12.6. The van der Waals surface area contributed by atoms with Gasteiger partial charge in [0.2, 0.25) is 0 Å². The summed E-state index contributed by atoms with van der Waals surface area (Å²) in [5.74, 6) is 0. The van der Waals surface area contributed by atoms with E-state index >= 15 is 0 Å². The normalized spacial score (nSPS) is 9.83. The fraction of sp³-hybridized carbons (Fsp3) is 0. The van der Waals surface area contributed by atoms with E-state index in [1.165, 1.54) is 0 Å². The summed E-state index contributed by atoms with van der Waals surface area (Å²) in [7, 11) is 0. The van der Waals surface area contributed by atoms with E-state index in [4.69, 9.17) is 22.6 Å². The van der Waals surface area contributed by atoms with Crippen LogP contribution in [0, 0.1) is 11.3 Å². The van der Waals surface area contributed by atoms with Gasteiger partial charge in [0, 0.05) is 5.69 Å². The number of hydrogen-bond donors (Lipinski definition) is 2. The van der Waals surface area contributed by atoms with Crippen molar-refractivity contribution in [2.45, 2.75) is 0 Å². The molecule has 0 aliphatic heterocycles. The number of halogens is 2. The molecular formula is C13H9BrClN3. The molecule has 0 aliphatic carbocycles. The van der Waals surface area contributed by atoms with E-state index in [9.17, 15) is 0 Å². The lowest BCUT2D eigenvalue weighted by Crippen LogP contribution is -1.95. The van der Waals surface area contributed by atoms with Gasteiger partial charge in [0.05, 0.1) is 26.4 Å². The highest BCUT2D eigenvalue weighted by Crippen LogP contribution is 2.32. The Balaban J connectivity index is 2.32. The van der Waals surface area contributed by atoms with Crippen molar-refractivity contribution in [2.75, 3.05) is 11.1 Å². The van der Waals surface area contributed by atoms with Crippen LogP contribution in [0.25, 0.3) is 0 Å². The summed E-state index contributed by atoms with van der Waals surface area (Å²) in [5.41, 5.74) is 8.30. The molecule has 0 saturated carbocycles. The van der Waals surface area contributed by atoms with E-state index in [1.54, 1.807) is 24.3 Å². The Morgan fingerprint density at radius 1 is 1.28 bits per heavy atom. The molecule has 0 atom stereocenters. The van der Waals surface area contributed by atoms with Crippen LogP contribution in [0.5, 0.6) is 0 Å². The number of rotatable bonds is 2. The quantitative estimate of drug-likeness (QED) is 0.810. The number of benzene rings is 2. The second-order valence-electron chi connectivity index (χ2n) is 3.64. The summed E-state index contributed by atoms with van der Waals surface area (Å²) in [4.78, 5) is 0. The van der Waals surface area contributed by atoms with Gasteiger partial charge in [-0.15, -0.1) is 0 Å². The van der Waals surface area contributed by atoms with Gasteiger partial charge in [0.25, 0.3) is 0 Å². The molecule has 2 aromatic rings. The van der Waals surface area contributed by atoms with Crippen LogP contribution in [-0.2, 0) is 0 Å². The maximum atomic E-state index is 8.80. The van der Waals surface area contributed by atoms with Crippen molar-refractivity contribution in [1.29, 1.82) is 5.26 Å². The van der Waals surface area contributed by atoms with Crippen molar-refractivity contribution in [2.24, 2.45) is 0 Å². The molecule has 0 spiro atoms. The highest BCUT2D eigenvalue weighted by Gasteiger charge is 2.05. The lowest BCUT2D eigenvalue weighted by molar-refractivity contribution is 1.47. The maximum Gasteiger partial charge on any atom is 0.101 e. The average molecular weight is 323 g/mol. The third kappa shape index (κ3) is 2.58. The molecule has 18 heavy (non-hydrogen) atoms. The topological polar surface area (TPSA) is 61.8 Å². The predicted octanol–water partition coefficient (Wildman–Crippen LogP) is 4.30. The molecule has 0 fully saturated rings. The third-order valence-corrected chi connectivity index (χ3v) is 3.80. The Morgan fingerprint density at radius 2 is 2.06 bits per heavy atom. The maximum absolute atomic E-state index is 8.80. The van der Waals surface area contributed by atoms with Gasteiger partial charge < -0.3 is 11.1 Å². The Hall–Kier alpha value is -1.70. The van der Waals surface area contributed by atoms with Crippen LogP contribution in [0.2, 0.25) is 5.02 Å². The van der Waals surface area contributed by atoms with Crippen LogP contribution >= 0.6 is 27.5 Å². The highest BCUT2D eigenvalue weighted by atomic mass is 79.9. The van der Waals surface area contributed by atoms with Crippen molar-refractivity contribution in [3.63, 3.8) is 0 Å². The van der Waals surface area contributed by atoms with Crippen LogP contribution < -0.4 is 11.1 Å². The second kappa shape index (κ2) is 5.30. The molecule has 0 bridgehead atoms. The largest absolute Gasteiger partial charge is 0.398 e. The van der Waals surface area contributed by atoms with Gasteiger partial charge >= 0.3 is 0 Å². The van der Waals surface area contributed by atoms with Crippen molar-refractivity contribution in [3.8, 4) is 6.07 Å². The molecule has 3 N–H and O–H groups in total. The first-order chi connectivity index (χ1) is 8.61. The van der Waals surface area contributed by atoms with Gasteiger partial charge in [0.1, 0.15) is 6.07 Å². The minimum atomic E-state index is 0.445. The van der Waals surface area contributed by atoms with Crippen molar-refractivity contribution in [1.82, 2.24) is 0 Å². The summed E-state index contributed by atoms with van der Waals surface area (Å²) in [6.45, 7) is 0. The van der Waals surface area contributed by atoms with Crippen LogP contribution in [0.1, 0.15) is 5.56 Å². The summed E-state index contributed by atoms with van der Waals surface area (Å²) >= 11 is 9.41. The van der Waals surface area contributed by atoms with E-state index in [2.05, 4.69) is 21.2 Å². The number of nitrogen functional groups attached to an aromatic ring is 1. The van der Waals surface area contributed by atoms with E-state index < -0.39 is 0 Å². The van der Waals surface area contributed by atoms with E-state index in [-0.39, 0.29) is 0 Å². The minimum Gasteiger partial charge on any atom is -0.398 e. The van der Waals surface area contributed by atoms with Gasteiger partial charge in [0.15, 0.2) is 0 Å². The van der Waals surface area contributed by atoms with Gasteiger partial charge in [-0.3, -0.25) is 0 Å². The van der Waals surface area contributed by atoms with Crippen molar-refractivity contribution in [3.05, 3.63) is 51.5 Å². The number of nitriles is 1. The molecule has 0 amide bonds. The SMILES string of the molecule is N#Cc1ccc(Nc2cccc(Cl)c2Br)cc1N. The first kappa shape index (κ1) is 12.7. The molecule has 0 aliphatic rings. The van der Waals surface area contributed by atoms with Gasteiger partial charge in [-0.25, -0.2) is 0 Å². The fourth-order valence-corrected chi connectivity index (χ4v) is 2.04. The first-order valence-corrected chi connectivity index (χ1v) is 6.29. The molecule has 0 radical (unpaired) electrons. The van der Waals surface area contributed by atoms with E-state index in [0.29, 0.717) is 16.3 Å². The van der Waals surface area contributed by atoms with Gasteiger partial charge in [-0.2, -0.15) is 5.26 Å². The van der Waals surface area contributed by atoms with Crippen molar-refractivity contribution < 1.29 is 0 Å². The lowest BCUT2D eigenvalue weighted by Gasteiger charge is -2.10. The lowest BCUT2D eigenvalue weighted by atomic mass is 10.2. The van der Waals surface area contributed by atoms with Gasteiger partial charge in [-0.1, -0.05) is 17.7 Å². The number of nitrogens with zero attached hydrogens (tertiary/aromatic N) is 1. The Labute approximate surface area is 118 Å². The first-order valence-electron chi connectivity index (χ1n) is 5.12. The Morgan fingerprint density at radius 3 is 2.72 bits per heavy atom. The molecule has 2 rings (SSSR count). The minimum absolute atomic E-state index is 0.445. The Bertz CT molecular complexity index is 635. The van der Waals surface area contributed by atoms with E-state index in [1.807, 2.05) is 18.2 Å². The monoisotopic (exact) mass is 321 g/mol. The molecule has 5 heteroatoms. The number of anilines is 3. The smallest absolute Gasteiger partial charge is 0.101 e. The molecule has 0 aromatic heterocycles. The molecule has 2 aromatic carbocycles. The third-order valence-electron chi connectivity index (χ3n) is 2.40. The highest BCUT2D eigenvalue weighted by molar-refractivity contribution is 9.10. The molecule has 0 saturated heterocycles. The standard InChI is InChI=1S/C13H9BrClN3/c14-13-10(15)2-1-3-12(13)18-9-5-4-8(7-16)11(17)6-9/h1-6,18H,17H2. The van der Waals surface area contributed by atoms with Crippen LogP contribution in [-0.4, -0.2) is 0 Å². The molecule has 90 valence electrons. The fourth-order valence-electron chi connectivity index (χ4n) is 1.50. The Kier molecular flexibility index (Phi) is 3.75. The van der Waals surface area contributed by atoms with Crippen LogP contribution in [0.15, 0.2) is 40.9 Å². The molecular weight excluding hydrogens is 314 g/mol. The predicted molar refractivity (Wildman–Crippen MR) is 78.0 cm³/mol. The summed E-state index contributed by atoms with van der Waals surface area (Å²) < 4.78 is 0.787. The summed E-state index contributed by atoms with van der Waals surface area (Å²) in [6.07, 6.45) is 0. The second-order valence-corrected chi connectivity index (χ2v) is 4.84. The van der Waals surface area contributed by atoms with E-state index in [0.717, 1.165) is 15.8 Å². The number of nitrogens with two attached hydrogens (primary N) is 1. The zero-order valence-electron chi connectivity index (χ0n) is 9.24. The molecule has 3 nitrogen and oxygen atoms in total. The average Bonchev–Trinajstić information content (AvgIpc) is 2.35. The zero-order valence-corrected chi connectivity index (χ0v) is 11.6. The molecule has 0 unspecified atom stereocenters. The zero-order chi connectivity index (χ0) is 13.1. The number of nitrogens with one attached hydrogen (secondary N) is 1.